The Bertz CT molecular complexity index is 310. The van der Waals surface area contributed by atoms with E-state index in [-0.39, 0.29) is 0 Å². The zero-order valence-corrected chi connectivity index (χ0v) is 7.98. The number of hydrogen-bond acceptors (Lipinski definition) is 1. The van der Waals surface area contributed by atoms with Gasteiger partial charge in [-0.1, -0.05) is 19.4 Å². The van der Waals surface area contributed by atoms with Crippen LogP contribution in [0.4, 0.5) is 0 Å². The van der Waals surface area contributed by atoms with Crippen LogP contribution in [0.5, 0.6) is 0 Å². The molecule has 2 heteroatoms. The highest BCUT2D eigenvalue weighted by Crippen LogP contribution is 2.26. The fourth-order valence-corrected chi connectivity index (χ4v) is 1.75. The number of aliphatic imine (C=N–C) groups is 1. The van der Waals surface area contributed by atoms with Gasteiger partial charge in [-0.15, -0.1) is 0 Å². The summed E-state index contributed by atoms with van der Waals surface area (Å²) in [5.74, 6) is 0. The van der Waals surface area contributed by atoms with Crippen molar-refractivity contribution in [1.29, 1.82) is 0 Å². The number of unbranched alkanes of at least 4 members (excludes halogenated alkanes) is 1. The van der Waals surface area contributed by atoms with Gasteiger partial charge in [-0.05, 0) is 12.5 Å². The van der Waals surface area contributed by atoms with Gasteiger partial charge in [0.15, 0.2) is 12.0 Å². The summed E-state index contributed by atoms with van der Waals surface area (Å²) in [5.41, 5.74) is 1.29. The molecule has 2 heterocycles. The Morgan fingerprint density at radius 2 is 2.31 bits per heavy atom. The Balaban J connectivity index is 2.20. The minimum atomic E-state index is 0.824. The van der Waals surface area contributed by atoms with E-state index >= 15 is 0 Å². The Morgan fingerprint density at radius 3 is 3.15 bits per heavy atom. The molecule has 0 aromatic carbocycles. The van der Waals surface area contributed by atoms with Crippen LogP contribution in [0.3, 0.4) is 0 Å². The Kier molecular flexibility index (Phi) is 2.15. The van der Waals surface area contributed by atoms with Crippen molar-refractivity contribution in [3.63, 3.8) is 0 Å². The topological polar surface area (TPSA) is 12.4 Å². The lowest BCUT2D eigenvalue weighted by molar-refractivity contribution is -0.734. The Morgan fingerprint density at radius 1 is 1.38 bits per heavy atom. The summed E-state index contributed by atoms with van der Waals surface area (Å²) >= 11 is 0. The van der Waals surface area contributed by atoms with E-state index in [9.17, 15) is 0 Å². The van der Waals surface area contributed by atoms with Crippen LogP contribution in [0.25, 0.3) is 0 Å². The predicted octanol–water partition coefficient (Wildman–Crippen LogP) is 2.57. The summed E-state index contributed by atoms with van der Waals surface area (Å²) < 4.78 is 0.824. The quantitative estimate of drug-likeness (QED) is 0.584. The standard InChI is InChI=1S/C11H15N2/c1-2-3-7-13-8-5-4-6-11(13)9-12-10-13/h4-6,8-10H,2-3,7H2,1H3/q+1. The van der Waals surface area contributed by atoms with Crippen molar-refractivity contribution in [3.8, 4) is 0 Å². The number of allylic oxidation sites excluding steroid dienone is 3. The van der Waals surface area contributed by atoms with E-state index in [4.69, 9.17) is 0 Å². The smallest absolute Gasteiger partial charge is 0.199 e. The lowest BCUT2D eigenvalue weighted by Gasteiger charge is -2.28. The first-order valence-electron chi connectivity index (χ1n) is 4.86. The van der Waals surface area contributed by atoms with Gasteiger partial charge >= 0.3 is 0 Å². The summed E-state index contributed by atoms with van der Waals surface area (Å²) in [7, 11) is 0. The van der Waals surface area contributed by atoms with Crippen LogP contribution in [0.15, 0.2) is 41.3 Å². The summed E-state index contributed by atoms with van der Waals surface area (Å²) in [6, 6.07) is 0. The zero-order chi connectivity index (χ0) is 9.15. The fraction of sp³-hybridized carbons (Fsp3) is 0.364. The van der Waals surface area contributed by atoms with Gasteiger partial charge < -0.3 is 0 Å². The molecule has 0 spiro atoms. The maximum atomic E-state index is 4.24. The maximum Gasteiger partial charge on any atom is 0.199 e. The number of rotatable bonds is 3. The number of quaternary nitrogens is 1. The summed E-state index contributed by atoms with van der Waals surface area (Å²) in [4.78, 5) is 4.24. The number of fused-ring (bicyclic) bond motifs is 1. The van der Waals surface area contributed by atoms with Gasteiger partial charge in [0.05, 0.1) is 12.7 Å². The number of hydrogen-bond donors (Lipinski definition) is 0. The normalized spacial score (nSPS) is 29.2. The van der Waals surface area contributed by atoms with E-state index < -0.39 is 0 Å². The molecule has 0 radical (unpaired) electrons. The summed E-state index contributed by atoms with van der Waals surface area (Å²) in [6.07, 6.45) is 15.0. The average molecular weight is 175 g/mol. The molecule has 1 atom stereocenters. The maximum absolute atomic E-state index is 4.24. The SMILES string of the molecule is CCCC[N+]12C=CC=CC1=CN=C2. The van der Waals surface area contributed by atoms with E-state index in [1.807, 2.05) is 12.5 Å². The first-order valence-corrected chi connectivity index (χ1v) is 4.86. The minimum Gasteiger partial charge on any atom is -0.221 e. The molecule has 0 aliphatic carbocycles. The molecule has 0 saturated carbocycles. The van der Waals surface area contributed by atoms with Crippen molar-refractivity contribution in [3.05, 3.63) is 36.3 Å². The average Bonchev–Trinajstić information content (AvgIpc) is 2.58. The van der Waals surface area contributed by atoms with Gasteiger partial charge in [0, 0.05) is 6.08 Å². The van der Waals surface area contributed by atoms with Crippen molar-refractivity contribution >= 4 is 6.34 Å². The molecule has 1 unspecified atom stereocenters. The Hall–Kier alpha value is -1.15. The monoisotopic (exact) mass is 175 g/mol. The van der Waals surface area contributed by atoms with Crippen molar-refractivity contribution in [2.75, 3.05) is 6.54 Å². The van der Waals surface area contributed by atoms with Gasteiger partial charge in [0.25, 0.3) is 0 Å². The minimum absolute atomic E-state index is 0.824. The highest BCUT2D eigenvalue weighted by molar-refractivity contribution is 5.56. The molecule has 2 nitrogen and oxygen atoms in total. The summed E-state index contributed by atoms with van der Waals surface area (Å²) in [6.45, 7) is 3.35. The molecule has 0 bridgehead atoms. The predicted molar refractivity (Wildman–Crippen MR) is 54.9 cm³/mol. The van der Waals surface area contributed by atoms with Crippen LogP contribution in [-0.4, -0.2) is 17.4 Å². The van der Waals surface area contributed by atoms with E-state index in [2.05, 4.69) is 36.3 Å². The number of nitrogens with zero attached hydrogens (tertiary/aromatic N) is 2. The second-order valence-electron chi connectivity index (χ2n) is 3.53. The van der Waals surface area contributed by atoms with Crippen LogP contribution in [-0.2, 0) is 0 Å². The van der Waals surface area contributed by atoms with Crippen molar-refractivity contribution in [1.82, 2.24) is 0 Å². The van der Waals surface area contributed by atoms with Crippen LogP contribution in [0.1, 0.15) is 19.8 Å². The third-order valence-electron chi connectivity index (χ3n) is 2.57. The molecule has 13 heavy (non-hydrogen) atoms. The highest BCUT2D eigenvalue weighted by atomic mass is 15.4. The zero-order valence-electron chi connectivity index (χ0n) is 7.98. The second-order valence-corrected chi connectivity index (χ2v) is 3.53. The van der Waals surface area contributed by atoms with Gasteiger partial charge in [0.2, 0.25) is 0 Å². The first-order chi connectivity index (χ1) is 6.37. The fourth-order valence-electron chi connectivity index (χ4n) is 1.75. The third kappa shape index (κ3) is 1.38. The van der Waals surface area contributed by atoms with Gasteiger partial charge in [-0.25, -0.2) is 9.48 Å². The van der Waals surface area contributed by atoms with E-state index in [0.717, 1.165) is 11.0 Å². The molecule has 0 saturated heterocycles. The first kappa shape index (κ1) is 8.45. The van der Waals surface area contributed by atoms with Gasteiger partial charge in [-0.2, -0.15) is 0 Å². The third-order valence-corrected chi connectivity index (χ3v) is 2.57. The molecule has 0 amide bonds. The van der Waals surface area contributed by atoms with Crippen molar-refractivity contribution < 1.29 is 4.48 Å². The van der Waals surface area contributed by atoms with Crippen molar-refractivity contribution in [2.45, 2.75) is 19.8 Å². The molecule has 2 rings (SSSR count). The summed E-state index contributed by atoms with van der Waals surface area (Å²) in [5, 5.41) is 0. The van der Waals surface area contributed by atoms with Crippen LogP contribution < -0.4 is 0 Å². The largest absolute Gasteiger partial charge is 0.221 e. The van der Waals surface area contributed by atoms with E-state index in [1.165, 1.54) is 18.5 Å². The molecule has 68 valence electrons. The molecule has 0 fully saturated rings. The molecule has 0 aromatic heterocycles. The molecular weight excluding hydrogens is 160 g/mol. The van der Waals surface area contributed by atoms with E-state index in [1.54, 1.807) is 0 Å². The van der Waals surface area contributed by atoms with Crippen LogP contribution >= 0.6 is 0 Å². The molecule has 2 aliphatic rings. The van der Waals surface area contributed by atoms with Gasteiger partial charge in [0.1, 0.15) is 6.20 Å². The second kappa shape index (κ2) is 3.30. The Labute approximate surface area is 79.2 Å². The van der Waals surface area contributed by atoms with Crippen molar-refractivity contribution in [2.24, 2.45) is 4.99 Å². The van der Waals surface area contributed by atoms with Gasteiger partial charge in [-0.3, -0.25) is 0 Å². The molecule has 2 aliphatic heterocycles. The molecular formula is C11H15N2+. The lowest BCUT2D eigenvalue weighted by atomic mass is 10.2. The van der Waals surface area contributed by atoms with Crippen LogP contribution in [0, 0.1) is 0 Å². The molecule has 0 N–H and O–H groups in total. The highest BCUT2D eigenvalue weighted by Gasteiger charge is 2.31. The van der Waals surface area contributed by atoms with Crippen LogP contribution in [0.2, 0.25) is 0 Å². The lowest BCUT2D eigenvalue weighted by Crippen LogP contribution is -2.39. The molecule has 0 aromatic rings. The van der Waals surface area contributed by atoms with E-state index in [0.29, 0.717) is 0 Å².